The van der Waals surface area contributed by atoms with Gasteiger partial charge in [0, 0.05) is 31.7 Å². The predicted octanol–water partition coefficient (Wildman–Crippen LogP) is 2.78. The maximum atomic E-state index is 9.41. The minimum absolute atomic E-state index is 0.294. The van der Waals surface area contributed by atoms with Gasteiger partial charge in [0.15, 0.2) is 0 Å². The lowest BCUT2D eigenvalue weighted by molar-refractivity contribution is 0.0833. The fourth-order valence-corrected chi connectivity index (χ4v) is 3.92. The van der Waals surface area contributed by atoms with Crippen LogP contribution >= 0.6 is 0 Å². The van der Waals surface area contributed by atoms with E-state index in [4.69, 9.17) is 0 Å². The van der Waals surface area contributed by atoms with Crippen molar-refractivity contribution < 1.29 is 5.11 Å². The normalized spacial score (nSPS) is 22.1. The van der Waals surface area contributed by atoms with Crippen molar-refractivity contribution in [2.24, 2.45) is 5.41 Å². The zero-order valence-electron chi connectivity index (χ0n) is 13.5. The van der Waals surface area contributed by atoms with Gasteiger partial charge in [-0.1, -0.05) is 26.7 Å². The molecule has 2 saturated carbocycles. The number of hydrogen-bond acceptors (Lipinski definition) is 3. The van der Waals surface area contributed by atoms with Crippen LogP contribution in [0.25, 0.3) is 0 Å². The maximum absolute atomic E-state index is 9.41. The first-order valence-electron chi connectivity index (χ1n) is 8.81. The maximum Gasteiger partial charge on any atom is 0.0558 e. The van der Waals surface area contributed by atoms with E-state index < -0.39 is 0 Å². The van der Waals surface area contributed by atoms with Crippen molar-refractivity contribution in [1.29, 1.82) is 0 Å². The SMILES string of the molecule is CCC(CC)N(CCO)CC1(CNC2CC2)CCCC1. The molecule has 0 aromatic rings. The first-order valence-corrected chi connectivity index (χ1v) is 8.81. The molecule has 20 heavy (non-hydrogen) atoms. The van der Waals surface area contributed by atoms with E-state index in [1.807, 2.05) is 0 Å². The van der Waals surface area contributed by atoms with E-state index in [-0.39, 0.29) is 0 Å². The van der Waals surface area contributed by atoms with Gasteiger partial charge in [0.2, 0.25) is 0 Å². The van der Waals surface area contributed by atoms with Crippen LogP contribution in [-0.2, 0) is 0 Å². The van der Waals surface area contributed by atoms with Gasteiger partial charge in [-0.2, -0.15) is 0 Å². The Morgan fingerprint density at radius 2 is 1.85 bits per heavy atom. The summed E-state index contributed by atoms with van der Waals surface area (Å²) in [6.07, 6.45) is 10.7. The smallest absolute Gasteiger partial charge is 0.0558 e. The third-order valence-corrected chi connectivity index (χ3v) is 5.39. The number of rotatable bonds is 10. The standard InChI is InChI=1S/C17H34N2O/c1-3-16(4-2)19(11-12-20)14-17(9-5-6-10-17)13-18-15-7-8-15/h15-16,18,20H,3-14H2,1-2H3. The molecule has 0 spiro atoms. The molecule has 2 aliphatic carbocycles. The van der Waals surface area contributed by atoms with Gasteiger partial charge in [0.1, 0.15) is 0 Å². The van der Waals surface area contributed by atoms with E-state index in [0.29, 0.717) is 18.1 Å². The van der Waals surface area contributed by atoms with E-state index in [9.17, 15) is 5.11 Å². The predicted molar refractivity (Wildman–Crippen MR) is 85.0 cm³/mol. The summed E-state index contributed by atoms with van der Waals surface area (Å²) >= 11 is 0. The number of nitrogens with zero attached hydrogens (tertiary/aromatic N) is 1. The Hall–Kier alpha value is -0.120. The molecule has 0 bridgehead atoms. The number of aliphatic hydroxyl groups is 1. The number of aliphatic hydroxyl groups excluding tert-OH is 1. The minimum atomic E-state index is 0.294. The molecule has 0 amide bonds. The van der Waals surface area contributed by atoms with Gasteiger partial charge in [-0.15, -0.1) is 0 Å². The fraction of sp³-hybridized carbons (Fsp3) is 1.00. The van der Waals surface area contributed by atoms with Gasteiger partial charge < -0.3 is 10.4 Å². The third-order valence-electron chi connectivity index (χ3n) is 5.39. The van der Waals surface area contributed by atoms with E-state index in [0.717, 1.165) is 12.6 Å². The number of nitrogens with one attached hydrogen (secondary N) is 1. The zero-order chi connectivity index (χ0) is 14.4. The minimum Gasteiger partial charge on any atom is -0.395 e. The van der Waals surface area contributed by atoms with E-state index in [1.54, 1.807) is 0 Å². The molecular weight excluding hydrogens is 248 g/mol. The second-order valence-electron chi connectivity index (χ2n) is 7.03. The first kappa shape index (κ1) is 16.3. The van der Waals surface area contributed by atoms with Crippen molar-refractivity contribution in [2.45, 2.75) is 77.3 Å². The highest BCUT2D eigenvalue weighted by Crippen LogP contribution is 2.39. The molecule has 2 N–H and O–H groups in total. The Morgan fingerprint density at radius 3 is 2.35 bits per heavy atom. The Morgan fingerprint density at radius 1 is 1.20 bits per heavy atom. The monoisotopic (exact) mass is 282 g/mol. The average molecular weight is 282 g/mol. The lowest BCUT2D eigenvalue weighted by Crippen LogP contribution is -2.47. The molecule has 3 nitrogen and oxygen atoms in total. The molecule has 0 aromatic heterocycles. The molecule has 0 aliphatic heterocycles. The topological polar surface area (TPSA) is 35.5 Å². The molecule has 118 valence electrons. The van der Waals surface area contributed by atoms with E-state index in [2.05, 4.69) is 24.1 Å². The fourth-order valence-electron chi connectivity index (χ4n) is 3.92. The van der Waals surface area contributed by atoms with Gasteiger partial charge in [0.05, 0.1) is 6.61 Å². The van der Waals surface area contributed by atoms with Crippen LogP contribution in [0.4, 0.5) is 0 Å². The van der Waals surface area contributed by atoms with E-state index >= 15 is 0 Å². The van der Waals surface area contributed by atoms with Gasteiger partial charge in [0.25, 0.3) is 0 Å². The molecule has 0 unspecified atom stereocenters. The molecule has 0 saturated heterocycles. The second-order valence-corrected chi connectivity index (χ2v) is 7.03. The number of hydrogen-bond donors (Lipinski definition) is 2. The summed E-state index contributed by atoms with van der Waals surface area (Å²) in [7, 11) is 0. The van der Waals surface area contributed by atoms with Gasteiger partial charge >= 0.3 is 0 Å². The van der Waals surface area contributed by atoms with Gasteiger partial charge in [-0.25, -0.2) is 0 Å². The van der Waals surface area contributed by atoms with Crippen LogP contribution < -0.4 is 5.32 Å². The Balaban J connectivity index is 1.95. The summed E-state index contributed by atoms with van der Waals surface area (Å²) in [6, 6.07) is 1.45. The summed E-state index contributed by atoms with van der Waals surface area (Å²) in [5.41, 5.74) is 0.473. The van der Waals surface area contributed by atoms with Crippen LogP contribution in [0.3, 0.4) is 0 Å². The molecule has 0 radical (unpaired) electrons. The molecule has 2 rings (SSSR count). The van der Waals surface area contributed by atoms with Crippen molar-refractivity contribution >= 4 is 0 Å². The molecule has 0 heterocycles. The Kier molecular flexibility index (Phi) is 6.31. The highest BCUT2D eigenvalue weighted by molar-refractivity contribution is 4.93. The summed E-state index contributed by atoms with van der Waals surface area (Å²) in [5, 5.41) is 13.2. The van der Waals surface area contributed by atoms with Crippen LogP contribution in [0.1, 0.15) is 65.2 Å². The van der Waals surface area contributed by atoms with Crippen molar-refractivity contribution in [1.82, 2.24) is 10.2 Å². The quantitative estimate of drug-likeness (QED) is 0.647. The van der Waals surface area contributed by atoms with E-state index in [1.165, 1.54) is 64.5 Å². The van der Waals surface area contributed by atoms with Crippen molar-refractivity contribution in [3.8, 4) is 0 Å². The van der Waals surface area contributed by atoms with Crippen LogP contribution in [0.5, 0.6) is 0 Å². The van der Waals surface area contributed by atoms with Crippen molar-refractivity contribution in [3.05, 3.63) is 0 Å². The lowest BCUT2D eigenvalue weighted by Gasteiger charge is -2.39. The average Bonchev–Trinajstić information content (AvgIpc) is 3.18. The summed E-state index contributed by atoms with van der Waals surface area (Å²) in [5.74, 6) is 0. The Bertz CT molecular complexity index is 268. The van der Waals surface area contributed by atoms with Crippen LogP contribution in [0.15, 0.2) is 0 Å². The lowest BCUT2D eigenvalue weighted by atomic mass is 9.84. The highest BCUT2D eigenvalue weighted by atomic mass is 16.3. The summed E-state index contributed by atoms with van der Waals surface area (Å²) in [4.78, 5) is 2.57. The summed E-state index contributed by atoms with van der Waals surface area (Å²) in [6.45, 7) is 8.07. The Labute approximate surface area is 125 Å². The molecule has 2 aliphatic rings. The highest BCUT2D eigenvalue weighted by Gasteiger charge is 2.37. The molecule has 2 fully saturated rings. The van der Waals surface area contributed by atoms with Gasteiger partial charge in [-0.05, 0) is 43.9 Å². The molecule has 0 atom stereocenters. The molecule has 0 aromatic carbocycles. The second kappa shape index (κ2) is 7.77. The first-order chi connectivity index (χ1) is 9.73. The van der Waals surface area contributed by atoms with Gasteiger partial charge in [-0.3, -0.25) is 4.90 Å². The van der Waals surface area contributed by atoms with Crippen molar-refractivity contribution in [2.75, 3.05) is 26.2 Å². The summed E-state index contributed by atoms with van der Waals surface area (Å²) < 4.78 is 0. The molecular formula is C17H34N2O. The largest absolute Gasteiger partial charge is 0.395 e. The van der Waals surface area contributed by atoms with Crippen LogP contribution in [0.2, 0.25) is 0 Å². The third kappa shape index (κ3) is 4.44. The molecule has 3 heteroatoms. The van der Waals surface area contributed by atoms with Crippen LogP contribution in [-0.4, -0.2) is 48.3 Å². The van der Waals surface area contributed by atoms with Crippen molar-refractivity contribution in [3.63, 3.8) is 0 Å². The van der Waals surface area contributed by atoms with Crippen LogP contribution in [0, 0.1) is 5.41 Å². The zero-order valence-corrected chi connectivity index (χ0v) is 13.5.